The molecule has 0 saturated heterocycles. The quantitative estimate of drug-likeness (QED) is 0.788. The maximum atomic E-state index is 12.4. The van der Waals surface area contributed by atoms with Crippen LogP contribution in [0.3, 0.4) is 0 Å². The normalized spacial score (nSPS) is 10.9. The highest BCUT2D eigenvalue weighted by molar-refractivity contribution is 7.14. The zero-order valence-corrected chi connectivity index (χ0v) is 12.3. The number of anilines is 1. The number of fused-ring (bicyclic) bond motifs is 1. The summed E-state index contributed by atoms with van der Waals surface area (Å²) in [6.07, 6.45) is 0. The van der Waals surface area contributed by atoms with Gasteiger partial charge in [-0.2, -0.15) is 9.61 Å². The van der Waals surface area contributed by atoms with Crippen LogP contribution >= 0.6 is 11.3 Å². The minimum Gasteiger partial charge on any atom is -0.321 e. The van der Waals surface area contributed by atoms with Crippen molar-refractivity contribution in [1.29, 1.82) is 0 Å². The summed E-state index contributed by atoms with van der Waals surface area (Å²) >= 11 is 1.41. The van der Waals surface area contributed by atoms with E-state index in [-0.39, 0.29) is 5.91 Å². The molecule has 1 amide bonds. The number of hydrogen-bond acceptors (Lipinski definition) is 4. The van der Waals surface area contributed by atoms with E-state index in [4.69, 9.17) is 0 Å². The van der Waals surface area contributed by atoms with Gasteiger partial charge in [0.15, 0.2) is 5.69 Å². The van der Waals surface area contributed by atoms with Gasteiger partial charge in [0.25, 0.3) is 5.91 Å². The van der Waals surface area contributed by atoms with Crippen LogP contribution in [-0.2, 0) is 0 Å². The molecule has 1 aromatic carbocycles. The van der Waals surface area contributed by atoms with Gasteiger partial charge in [-0.15, -0.1) is 0 Å². The minimum absolute atomic E-state index is 0.189. The molecule has 0 aliphatic heterocycles. The van der Waals surface area contributed by atoms with E-state index in [1.165, 1.54) is 11.3 Å². The zero-order chi connectivity index (χ0) is 14.3. The first-order valence-electron chi connectivity index (χ1n) is 6.23. The fourth-order valence-electron chi connectivity index (χ4n) is 2.29. The second kappa shape index (κ2) is 4.72. The number of carbonyl (C=O) groups excluding carboxylic acids is 1. The van der Waals surface area contributed by atoms with E-state index in [9.17, 15) is 4.79 Å². The molecule has 0 fully saturated rings. The Hall–Kier alpha value is -2.21. The van der Waals surface area contributed by atoms with Crippen molar-refractivity contribution >= 4 is 27.9 Å². The van der Waals surface area contributed by atoms with Crippen molar-refractivity contribution in [2.24, 2.45) is 0 Å². The fourth-order valence-corrected chi connectivity index (χ4v) is 2.96. The van der Waals surface area contributed by atoms with Gasteiger partial charge in [-0.3, -0.25) is 4.79 Å². The summed E-state index contributed by atoms with van der Waals surface area (Å²) in [5, 5.41) is 7.06. The molecule has 0 unspecified atom stereocenters. The molecule has 102 valence electrons. The van der Waals surface area contributed by atoms with Crippen molar-refractivity contribution in [3.63, 3.8) is 0 Å². The number of rotatable bonds is 2. The summed E-state index contributed by atoms with van der Waals surface area (Å²) < 4.78 is 1.58. The lowest BCUT2D eigenvalue weighted by Gasteiger charge is -2.07. The number of aromatic nitrogens is 3. The van der Waals surface area contributed by atoms with Gasteiger partial charge in [0, 0.05) is 5.69 Å². The molecule has 6 heteroatoms. The monoisotopic (exact) mass is 286 g/mol. The van der Waals surface area contributed by atoms with E-state index in [1.54, 1.807) is 10.0 Å². The van der Waals surface area contributed by atoms with Crippen LogP contribution in [-0.4, -0.2) is 20.5 Å². The molecule has 0 bridgehead atoms. The molecule has 0 radical (unpaired) electrons. The Morgan fingerprint density at radius 1 is 1.20 bits per heavy atom. The molecule has 2 heterocycles. The van der Waals surface area contributed by atoms with Crippen molar-refractivity contribution in [2.45, 2.75) is 20.8 Å². The standard InChI is InChI=1S/C14H14N4OS/c1-8-4-9(2)6-11(5-8)17-13(19)12-10(3)16-14-18(12)15-7-20-14/h4-7H,1-3H3,(H,17,19). The smallest absolute Gasteiger partial charge is 0.276 e. The van der Waals surface area contributed by atoms with Gasteiger partial charge in [-0.1, -0.05) is 17.4 Å². The number of nitrogens with zero attached hydrogens (tertiary/aromatic N) is 3. The van der Waals surface area contributed by atoms with Gasteiger partial charge in [0.05, 0.1) is 5.69 Å². The third kappa shape index (κ3) is 2.18. The average Bonchev–Trinajstić information content (AvgIpc) is 2.86. The summed E-state index contributed by atoms with van der Waals surface area (Å²) in [5.41, 5.74) is 5.87. The summed E-state index contributed by atoms with van der Waals surface area (Å²) in [6.45, 7) is 5.83. The van der Waals surface area contributed by atoms with Crippen LogP contribution in [0.15, 0.2) is 23.7 Å². The van der Waals surface area contributed by atoms with Crippen molar-refractivity contribution in [3.8, 4) is 0 Å². The Morgan fingerprint density at radius 3 is 2.60 bits per heavy atom. The first kappa shape index (κ1) is 12.8. The first-order chi connectivity index (χ1) is 9.54. The highest BCUT2D eigenvalue weighted by Crippen LogP contribution is 2.18. The van der Waals surface area contributed by atoms with E-state index >= 15 is 0 Å². The number of aryl methyl sites for hydroxylation is 3. The second-order valence-electron chi connectivity index (χ2n) is 4.81. The number of carbonyl (C=O) groups is 1. The summed E-state index contributed by atoms with van der Waals surface area (Å²) in [4.78, 5) is 17.5. The number of imidazole rings is 1. The van der Waals surface area contributed by atoms with Crippen LogP contribution in [0.25, 0.3) is 4.96 Å². The lowest BCUT2D eigenvalue weighted by molar-refractivity contribution is 0.102. The van der Waals surface area contributed by atoms with Gasteiger partial charge >= 0.3 is 0 Å². The van der Waals surface area contributed by atoms with Crippen molar-refractivity contribution < 1.29 is 4.79 Å². The minimum atomic E-state index is -0.189. The van der Waals surface area contributed by atoms with E-state index in [2.05, 4.69) is 21.5 Å². The van der Waals surface area contributed by atoms with Crippen LogP contribution in [0.2, 0.25) is 0 Å². The van der Waals surface area contributed by atoms with Crippen LogP contribution in [0.5, 0.6) is 0 Å². The lowest BCUT2D eigenvalue weighted by Crippen LogP contribution is -2.16. The van der Waals surface area contributed by atoms with Crippen molar-refractivity contribution in [1.82, 2.24) is 14.6 Å². The molecule has 5 nitrogen and oxygen atoms in total. The largest absolute Gasteiger partial charge is 0.321 e. The van der Waals surface area contributed by atoms with Crippen LogP contribution in [0, 0.1) is 20.8 Å². The molecule has 3 aromatic rings. The van der Waals surface area contributed by atoms with Crippen LogP contribution in [0.4, 0.5) is 5.69 Å². The number of hydrogen-bond donors (Lipinski definition) is 1. The summed E-state index contributed by atoms with van der Waals surface area (Å²) in [6, 6.07) is 5.96. The molecule has 0 atom stereocenters. The highest BCUT2D eigenvalue weighted by atomic mass is 32.1. The van der Waals surface area contributed by atoms with Gasteiger partial charge in [0.1, 0.15) is 5.51 Å². The first-order valence-corrected chi connectivity index (χ1v) is 7.11. The van der Waals surface area contributed by atoms with Gasteiger partial charge < -0.3 is 5.32 Å². The van der Waals surface area contributed by atoms with E-state index in [0.717, 1.165) is 21.8 Å². The maximum absolute atomic E-state index is 12.4. The van der Waals surface area contributed by atoms with Crippen LogP contribution < -0.4 is 5.32 Å². The Balaban J connectivity index is 1.96. The predicted octanol–water partition coefficient (Wildman–Crippen LogP) is 2.97. The SMILES string of the molecule is Cc1cc(C)cc(NC(=O)c2c(C)nc3scnn23)c1. The predicted molar refractivity (Wildman–Crippen MR) is 79.5 cm³/mol. The molecule has 0 saturated carbocycles. The Labute approximate surface area is 120 Å². The Bertz CT molecular complexity index is 782. The summed E-state index contributed by atoms with van der Waals surface area (Å²) in [5.74, 6) is -0.189. The Morgan fingerprint density at radius 2 is 1.90 bits per heavy atom. The fraction of sp³-hybridized carbons (Fsp3) is 0.214. The number of nitrogens with one attached hydrogen (secondary N) is 1. The molecule has 3 rings (SSSR count). The molecule has 2 aromatic heterocycles. The second-order valence-corrected chi connectivity index (χ2v) is 5.62. The Kier molecular flexibility index (Phi) is 3.02. The van der Waals surface area contributed by atoms with Crippen molar-refractivity contribution in [3.05, 3.63) is 46.2 Å². The molecule has 0 spiro atoms. The van der Waals surface area contributed by atoms with Gasteiger partial charge in [0.2, 0.25) is 4.96 Å². The zero-order valence-electron chi connectivity index (χ0n) is 11.5. The molecular weight excluding hydrogens is 272 g/mol. The average molecular weight is 286 g/mol. The van der Waals surface area contributed by atoms with Crippen molar-refractivity contribution in [2.75, 3.05) is 5.32 Å². The van der Waals surface area contributed by atoms with E-state index in [0.29, 0.717) is 11.4 Å². The number of benzene rings is 1. The van der Waals surface area contributed by atoms with Gasteiger partial charge in [-0.25, -0.2) is 4.98 Å². The summed E-state index contributed by atoms with van der Waals surface area (Å²) in [7, 11) is 0. The van der Waals surface area contributed by atoms with Gasteiger partial charge in [-0.05, 0) is 44.0 Å². The molecule has 0 aliphatic rings. The molecule has 20 heavy (non-hydrogen) atoms. The molecule has 0 aliphatic carbocycles. The molecule has 1 N–H and O–H groups in total. The number of amides is 1. The van der Waals surface area contributed by atoms with E-state index in [1.807, 2.05) is 32.9 Å². The third-order valence-electron chi connectivity index (χ3n) is 3.01. The maximum Gasteiger partial charge on any atom is 0.276 e. The van der Waals surface area contributed by atoms with Crippen LogP contribution in [0.1, 0.15) is 27.3 Å². The topological polar surface area (TPSA) is 59.3 Å². The van der Waals surface area contributed by atoms with E-state index < -0.39 is 0 Å². The molecular formula is C14H14N4OS. The lowest BCUT2D eigenvalue weighted by atomic mass is 10.1. The third-order valence-corrected chi connectivity index (χ3v) is 3.69. The highest BCUT2D eigenvalue weighted by Gasteiger charge is 2.18.